The lowest BCUT2D eigenvalue weighted by atomic mass is 10.1. The van der Waals surface area contributed by atoms with Crippen LogP contribution in [0.1, 0.15) is 33.2 Å². The molecule has 3 aromatic carbocycles. The highest BCUT2D eigenvalue weighted by molar-refractivity contribution is 6.01. The summed E-state index contributed by atoms with van der Waals surface area (Å²) in [4.78, 5) is 12.2. The van der Waals surface area contributed by atoms with E-state index < -0.39 is 0 Å². The summed E-state index contributed by atoms with van der Waals surface area (Å²) in [5.74, 6) is 0.737. The standard InChI is InChI=1S/C22H20N2O2/c1-15-6-8-16(9-7-15)14-26-18-12-10-17(11-13-18)21-23-20-5-3-2-4-19(20)22(25)24-21/h2-13,21,23H,14H2,1H3,(H,24,25). The van der Waals surface area contributed by atoms with Gasteiger partial charge in [0.15, 0.2) is 0 Å². The summed E-state index contributed by atoms with van der Waals surface area (Å²) in [5.41, 5.74) is 4.87. The molecule has 0 aromatic heterocycles. The SMILES string of the molecule is Cc1ccc(COc2ccc(C3NC(=O)c4ccccc4N3)cc2)cc1. The molecule has 1 aliphatic rings. The summed E-state index contributed by atoms with van der Waals surface area (Å²) in [5, 5.41) is 6.33. The van der Waals surface area contributed by atoms with Crippen molar-refractivity contribution >= 4 is 11.6 Å². The fraction of sp³-hybridized carbons (Fsp3) is 0.136. The first-order valence-corrected chi connectivity index (χ1v) is 8.64. The van der Waals surface area contributed by atoms with Crippen LogP contribution >= 0.6 is 0 Å². The topological polar surface area (TPSA) is 50.4 Å². The monoisotopic (exact) mass is 344 g/mol. The summed E-state index contributed by atoms with van der Waals surface area (Å²) in [6, 6.07) is 23.6. The van der Waals surface area contributed by atoms with Crippen molar-refractivity contribution in [2.24, 2.45) is 0 Å². The third kappa shape index (κ3) is 3.40. The predicted octanol–water partition coefficient (Wildman–Crippen LogP) is 4.43. The van der Waals surface area contributed by atoms with E-state index in [1.54, 1.807) is 0 Å². The molecule has 0 radical (unpaired) electrons. The highest BCUT2D eigenvalue weighted by Gasteiger charge is 2.23. The first kappa shape index (κ1) is 16.2. The van der Waals surface area contributed by atoms with Gasteiger partial charge >= 0.3 is 0 Å². The van der Waals surface area contributed by atoms with E-state index in [-0.39, 0.29) is 12.1 Å². The number of nitrogens with one attached hydrogen (secondary N) is 2. The van der Waals surface area contributed by atoms with Crippen LogP contribution < -0.4 is 15.4 Å². The fourth-order valence-electron chi connectivity index (χ4n) is 2.98. The van der Waals surface area contributed by atoms with E-state index >= 15 is 0 Å². The molecule has 0 fully saturated rings. The predicted molar refractivity (Wildman–Crippen MR) is 102 cm³/mol. The van der Waals surface area contributed by atoms with Gasteiger partial charge in [-0.3, -0.25) is 4.79 Å². The number of hydrogen-bond acceptors (Lipinski definition) is 3. The summed E-state index contributed by atoms with van der Waals surface area (Å²) >= 11 is 0. The minimum atomic E-state index is -0.247. The Hall–Kier alpha value is -3.27. The number of ether oxygens (including phenoxy) is 1. The Kier molecular flexibility index (Phi) is 4.32. The second-order valence-corrected chi connectivity index (χ2v) is 6.44. The van der Waals surface area contributed by atoms with Gasteiger partial charge in [-0.05, 0) is 42.3 Å². The molecule has 0 aliphatic carbocycles. The van der Waals surface area contributed by atoms with Crippen molar-refractivity contribution in [3.63, 3.8) is 0 Å². The van der Waals surface area contributed by atoms with Gasteiger partial charge < -0.3 is 15.4 Å². The molecule has 1 unspecified atom stereocenters. The molecule has 0 spiro atoms. The lowest BCUT2D eigenvalue weighted by molar-refractivity contribution is 0.0935. The minimum Gasteiger partial charge on any atom is -0.489 e. The molecule has 4 nitrogen and oxygen atoms in total. The van der Waals surface area contributed by atoms with E-state index in [1.807, 2.05) is 48.5 Å². The molecule has 4 heteroatoms. The van der Waals surface area contributed by atoms with Crippen molar-refractivity contribution < 1.29 is 9.53 Å². The Labute approximate surface area is 152 Å². The van der Waals surface area contributed by atoms with E-state index in [1.165, 1.54) is 5.56 Å². The van der Waals surface area contributed by atoms with Crippen LogP contribution in [0.25, 0.3) is 0 Å². The van der Waals surface area contributed by atoms with Crippen LogP contribution in [-0.2, 0) is 6.61 Å². The van der Waals surface area contributed by atoms with Crippen molar-refractivity contribution in [1.82, 2.24) is 5.32 Å². The van der Waals surface area contributed by atoms with Crippen molar-refractivity contribution in [3.05, 3.63) is 95.1 Å². The average molecular weight is 344 g/mol. The smallest absolute Gasteiger partial charge is 0.255 e. The zero-order valence-corrected chi connectivity index (χ0v) is 14.5. The van der Waals surface area contributed by atoms with Crippen molar-refractivity contribution in [3.8, 4) is 5.75 Å². The molecule has 1 aliphatic heterocycles. The van der Waals surface area contributed by atoms with Crippen LogP contribution in [0.4, 0.5) is 5.69 Å². The molecule has 130 valence electrons. The fourth-order valence-corrected chi connectivity index (χ4v) is 2.98. The maximum atomic E-state index is 12.2. The average Bonchev–Trinajstić information content (AvgIpc) is 2.68. The van der Waals surface area contributed by atoms with Gasteiger partial charge in [-0.1, -0.05) is 54.1 Å². The normalized spacial score (nSPS) is 15.6. The Morgan fingerprint density at radius 2 is 1.62 bits per heavy atom. The Balaban J connectivity index is 1.43. The zero-order chi connectivity index (χ0) is 17.9. The highest BCUT2D eigenvalue weighted by atomic mass is 16.5. The van der Waals surface area contributed by atoms with Crippen LogP contribution in [0.15, 0.2) is 72.8 Å². The molecule has 1 heterocycles. The number of aryl methyl sites for hydroxylation is 1. The summed E-state index contributed by atoms with van der Waals surface area (Å²) in [7, 11) is 0. The number of para-hydroxylation sites is 1. The highest BCUT2D eigenvalue weighted by Crippen LogP contribution is 2.27. The number of rotatable bonds is 4. The molecule has 2 N–H and O–H groups in total. The van der Waals surface area contributed by atoms with Crippen LogP contribution in [0.3, 0.4) is 0 Å². The molecule has 1 amide bonds. The van der Waals surface area contributed by atoms with Crippen molar-refractivity contribution in [1.29, 1.82) is 0 Å². The summed E-state index contributed by atoms with van der Waals surface area (Å²) < 4.78 is 5.84. The van der Waals surface area contributed by atoms with E-state index in [0.717, 1.165) is 22.6 Å². The molecule has 26 heavy (non-hydrogen) atoms. The van der Waals surface area contributed by atoms with Gasteiger partial charge in [-0.15, -0.1) is 0 Å². The molecular weight excluding hydrogens is 324 g/mol. The third-order valence-corrected chi connectivity index (χ3v) is 4.49. The second kappa shape index (κ2) is 6.92. The third-order valence-electron chi connectivity index (χ3n) is 4.49. The van der Waals surface area contributed by atoms with Gasteiger partial charge in [0, 0.05) is 5.69 Å². The number of carbonyl (C=O) groups is 1. The second-order valence-electron chi connectivity index (χ2n) is 6.44. The van der Waals surface area contributed by atoms with Crippen LogP contribution in [0.5, 0.6) is 5.75 Å². The number of anilines is 1. The minimum absolute atomic E-state index is 0.0657. The first-order valence-electron chi connectivity index (χ1n) is 8.64. The zero-order valence-electron chi connectivity index (χ0n) is 14.5. The van der Waals surface area contributed by atoms with E-state index in [4.69, 9.17) is 4.74 Å². The van der Waals surface area contributed by atoms with Gasteiger partial charge in [0.1, 0.15) is 18.5 Å². The number of benzene rings is 3. The summed E-state index contributed by atoms with van der Waals surface area (Å²) in [6.07, 6.45) is -0.247. The number of hydrogen-bond donors (Lipinski definition) is 2. The van der Waals surface area contributed by atoms with Crippen molar-refractivity contribution in [2.45, 2.75) is 19.7 Å². The maximum absolute atomic E-state index is 12.2. The maximum Gasteiger partial charge on any atom is 0.255 e. The number of carbonyl (C=O) groups excluding carboxylic acids is 1. The molecule has 4 rings (SSSR count). The largest absolute Gasteiger partial charge is 0.489 e. The molecule has 1 atom stereocenters. The molecular formula is C22H20N2O2. The quantitative estimate of drug-likeness (QED) is 0.736. The van der Waals surface area contributed by atoms with Gasteiger partial charge in [0.25, 0.3) is 5.91 Å². The Bertz CT molecular complexity index is 918. The Morgan fingerprint density at radius 1 is 0.885 bits per heavy atom. The molecule has 0 bridgehead atoms. The summed E-state index contributed by atoms with van der Waals surface area (Å²) in [6.45, 7) is 2.60. The van der Waals surface area contributed by atoms with Gasteiger partial charge in [0.05, 0.1) is 5.56 Å². The van der Waals surface area contributed by atoms with Gasteiger partial charge in [0.2, 0.25) is 0 Å². The van der Waals surface area contributed by atoms with Gasteiger partial charge in [-0.2, -0.15) is 0 Å². The number of amides is 1. The molecule has 3 aromatic rings. The van der Waals surface area contributed by atoms with Gasteiger partial charge in [-0.25, -0.2) is 0 Å². The van der Waals surface area contributed by atoms with E-state index in [9.17, 15) is 4.79 Å². The lowest BCUT2D eigenvalue weighted by Crippen LogP contribution is -2.38. The van der Waals surface area contributed by atoms with E-state index in [0.29, 0.717) is 12.2 Å². The first-order chi connectivity index (χ1) is 12.7. The Morgan fingerprint density at radius 3 is 2.38 bits per heavy atom. The lowest BCUT2D eigenvalue weighted by Gasteiger charge is -2.28. The van der Waals surface area contributed by atoms with Crippen LogP contribution in [0.2, 0.25) is 0 Å². The van der Waals surface area contributed by atoms with Crippen LogP contribution in [-0.4, -0.2) is 5.91 Å². The molecule has 0 saturated heterocycles. The van der Waals surface area contributed by atoms with E-state index in [2.05, 4.69) is 41.8 Å². The van der Waals surface area contributed by atoms with Crippen LogP contribution in [0, 0.1) is 6.92 Å². The molecule has 0 saturated carbocycles. The number of fused-ring (bicyclic) bond motifs is 1. The van der Waals surface area contributed by atoms with Crippen molar-refractivity contribution in [2.75, 3.05) is 5.32 Å².